The van der Waals surface area contributed by atoms with Crippen LogP contribution in [0.1, 0.15) is 45.6 Å². The summed E-state index contributed by atoms with van der Waals surface area (Å²) in [6.07, 6.45) is 7.11. The van der Waals surface area contributed by atoms with Crippen LogP contribution in [0.5, 0.6) is 0 Å². The Morgan fingerprint density at radius 3 is 2.30 bits per heavy atom. The van der Waals surface area contributed by atoms with E-state index in [1.54, 1.807) is 12.1 Å². The van der Waals surface area contributed by atoms with Crippen LogP contribution in [0.25, 0.3) is 0 Å². The fraction of sp³-hybridized carbons (Fsp3) is 0.556. The Labute approximate surface area is 139 Å². The van der Waals surface area contributed by atoms with Gasteiger partial charge < -0.3 is 0 Å². The predicted octanol–water partition coefficient (Wildman–Crippen LogP) is 4.64. The van der Waals surface area contributed by atoms with Gasteiger partial charge in [0.25, 0.3) is 10.1 Å². The van der Waals surface area contributed by atoms with Crippen LogP contribution in [-0.4, -0.2) is 18.7 Å². The van der Waals surface area contributed by atoms with Crippen molar-refractivity contribution >= 4 is 10.1 Å². The zero-order chi connectivity index (χ0) is 17.5. The zero-order valence-corrected chi connectivity index (χ0v) is 14.9. The molecule has 0 bridgehead atoms. The van der Waals surface area contributed by atoms with Crippen LogP contribution in [-0.2, 0) is 16.5 Å². The van der Waals surface area contributed by atoms with E-state index in [1.807, 2.05) is 0 Å². The molecule has 0 unspecified atom stereocenters. The summed E-state index contributed by atoms with van der Waals surface area (Å²) in [5.41, 5.74) is 1.14. The van der Waals surface area contributed by atoms with Crippen LogP contribution in [0.2, 0.25) is 0 Å². The molecule has 1 aromatic rings. The van der Waals surface area contributed by atoms with Gasteiger partial charge in [-0.3, -0.25) is 4.55 Å². The monoisotopic (exact) mass is 342 g/mol. The first-order chi connectivity index (χ1) is 10.6. The lowest BCUT2D eigenvalue weighted by Gasteiger charge is -2.17. The third-order valence-corrected chi connectivity index (χ3v) is 4.31. The Morgan fingerprint density at radius 1 is 1.17 bits per heavy atom. The molecule has 0 spiro atoms. The Morgan fingerprint density at radius 2 is 1.78 bits per heavy atom. The van der Waals surface area contributed by atoms with Gasteiger partial charge in [0.1, 0.15) is 5.82 Å². The van der Waals surface area contributed by atoms with Crippen molar-refractivity contribution in [1.29, 1.82) is 0 Å². The molecule has 0 amide bonds. The highest BCUT2D eigenvalue weighted by Gasteiger charge is 2.11. The van der Waals surface area contributed by atoms with E-state index in [2.05, 4.69) is 32.9 Å². The molecule has 0 fully saturated rings. The predicted molar refractivity (Wildman–Crippen MR) is 92.5 cm³/mol. The average molecular weight is 342 g/mol. The molecule has 5 heteroatoms. The lowest BCUT2D eigenvalue weighted by Crippen LogP contribution is -2.07. The molecule has 0 aromatic heterocycles. The van der Waals surface area contributed by atoms with Gasteiger partial charge in [-0.2, -0.15) is 8.42 Å². The van der Waals surface area contributed by atoms with E-state index >= 15 is 0 Å². The van der Waals surface area contributed by atoms with Crippen molar-refractivity contribution < 1.29 is 17.4 Å². The first kappa shape index (κ1) is 19.8. The normalized spacial score (nSPS) is 14.3. The second kappa shape index (κ2) is 8.60. The summed E-state index contributed by atoms with van der Waals surface area (Å²) in [7, 11) is -3.88. The van der Waals surface area contributed by atoms with E-state index in [4.69, 9.17) is 4.55 Å². The molecule has 0 saturated carbocycles. The number of halogens is 1. The molecule has 0 aliphatic heterocycles. The van der Waals surface area contributed by atoms with Crippen molar-refractivity contribution in [2.75, 3.05) is 5.75 Å². The van der Waals surface area contributed by atoms with Gasteiger partial charge in [0.05, 0.1) is 5.75 Å². The topological polar surface area (TPSA) is 54.4 Å². The standard InChI is InChI=1S/C18H27FO3S/c1-18(2,3)12-11-15(6-4-5-13-23(20,21)22)14-16-7-9-17(19)10-8-16/h7-12,15H,4-6,13-14H2,1-3H3,(H,20,21,22)/b12-11+/t15-/m0/s1. The quantitative estimate of drug-likeness (QED) is 0.425. The summed E-state index contributed by atoms with van der Waals surface area (Å²) in [6.45, 7) is 6.37. The molecular weight excluding hydrogens is 315 g/mol. The van der Waals surface area contributed by atoms with Crippen molar-refractivity contribution in [3.8, 4) is 0 Å². The van der Waals surface area contributed by atoms with Crippen LogP contribution in [0, 0.1) is 17.2 Å². The highest BCUT2D eigenvalue weighted by molar-refractivity contribution is 7.85. The van der Waals surface area contributed by atoms with E-state index in [1.165, 1.54) is 12.1 Å². The number of hydrogen-bond donors (Lipinski definition) is 1. The smallest absolute Gasteiger partial charge is 0.264 e. The van der Waals surface area contributed by atoms with Crippen LogP contribution in [0.15, 0.2) is 36.4 Å². The van der Waals surface area contributed by atoms with Crippen molar-refractivity contribution in [3.05, 3.63) is 47.8 Å². The van der Waals surface area contributed by atoms with E-state index in [9.17, 15) is 12.8 Å². The molecule has 0 saturated heterocycles. The third-order valence-electron chi connectivity index (χ3n) is 3.51. The van der Waals surface area contributed by atoms with Gasteiger partial charge in [-0.1, -0.05) is 51.5 Å². The highest BCUT2D eigenvalue weighted by atomic mass is 32.2. The fourth-order valence-electron chi connectivity index (χ4n) is 2.31. The van der Waals surface area contributed by atoms with E-state index < -0.39 is 10.1 Å². The summed E-state index contributed by atoms with van der Waals surface area (Å²) in [5, 5.41) is 0. The van der Waals surface area contributed by atoms with E-state index in [0.29, 0.717) is 6.42 Å². The van der Waals surface area contributed by atoms with Crippen molar-refractivity contribution in [2.24, 2.45) is 11.3 Å². The minimum absolute atomic E-state index is 0.0789. The Bertz CT molecular complexity index is 598. The SMILES string of the molecule is CC(C)(C)/C=C/[C@H](CCCCS(=O)(=O)O)Cc1ccc(F)cc1. The molecule has 3 nitrogen and oxygen atoms in total. The maximum absolute atomic E-state index is 13.0. The van der Waals surface area contributed by atoms with Crippen molar-refractivity contribution in [3.63, 3.8) is 0 Å². The van der Waals surface area contributed by atoms with Crippen molar-refractivity contribution in [1.82, 2.24) is 0 Å². The lowest BCUT2D eigenvalue weighted by atomic mass is 9.89. The zero-order valence-electron chi connectivity index (χ0n) is 14.1. The minimum Gasteiger partial charge on any atom is -0.286 e. The first-order valence-corrected chi connectivity index (χ1v) is 9.55. The number of unbranched alkanes of at least 4 members (excludes halogenated alkanes) is 1. The molecule has 0 aliphatic rings. The molecule has 0 heterocycles. The molecule has 0 aliphatic carbocycles. The summed E-state index contributed by atoms with van der Waals surface area (Å²) in [6, 6.07) is 6.48. The molecule has 130 valence electrons. The minimum atomic E-state index is -3.88. The summed E-state index contributed by atoms with van der Waals surface area (Å²) in [4.78, 5) is 0. The van der Waals surface area contributed by atoms with Gasteiger partial charge in [-0.25, -0.2) is 4.39 Å². The second-order valence-electron chi connectivity index (χ2n) is 7.10. The summed E-state index contributed by atoms with van der Waals surface area (Å²) >= 11 is 0. The van der Waals surface area contributed by atoms with Crippen LogP contribution in [0.4, 0.5) is 4.39 Å². The molecule has 0 radical (unpaired) electrons. The number of hydrogen-bond acceptors (Lipinski definition) is 2. The van der Waals surface area contributed by atoms with Crippen LogP contribution < -0.4 is 0 Å². The summed E-state index contributed by atoms with van der Waals surface area (Å²) in [5.74, 6) is -0.177. The molecule has 1 rings (SSSR count). The van der Waals surface area contributed by atoms with Gasteiger partial charge in [-0.05, 0) is 48.3 Å². The number of benzene rings is 1. The third kappa shape index (κ3) is 10.2. The average Bonchev–Trinajstić information content (AvgIpc) is 2.41. The fourth-order valence-corrected chi connectivity index (χ4v) is 2.87. The van der Waals surface area contributed by atoms with Gasteiger partial charge >= 0.3 is 0 Å². The Balaban J connectivity index is 2.65. The largest absolute Gasteiger partial charge is 0.286 e. The molecule has 1 aromatic carbocycles. The Hall–Kier alpha value is -1.20. The summed E-state index contributed by atoms with van der Waals surface area (Å²) < 4.78 is 43.3. The molecular formula is C18H27FO3S. The van der Waals surface area contributed by atoms with Crippen LogP contribution >= 0.6 is 0 Å². The van der Waals surface area contributed by atoms with Crippen molar-refractivity contribution in [2.45, 2.75) is 46.5 Å². The van der Waals surface area contributed by atoms with Gasteiger partial charge in [0.15, 0.2) is 0 Å². The molecule has 1 atom stereocenters. The number of rotatable bonds is 8. The first-order valence-electron chi connectivity index (χ1n) is 7.94. The highest BCUT2D eigenvalue weighted by Crippen LogP contribution is 2.22. The van der Waals surface area contributed by atoms with E-state index in [0.717, 1.165) is 24.8 Å². The Kier molecular flexibility index (Phi) is 7.42. The molecule has 1 N–H and O–H groups in total. The van der Waals surface area contributed by atoms with Gasteiger partial charge in [-0.15, -0.1) is 0 Å². The maximum Gasteiger partial charge on any atom is 0.264 e. The van der Waals surface area contributed by atoms with Crippen LogP contribution in [0.3, 0.4) is 0 Å². The van der Waals surface area contributed by atoms with Gasteiger partial charge in [0, 0.05) is 0 Å². The molecule has 23 heavy (non-hydrogen) atoms. The number of allylic oxidation sites excluding steroid dienone is 2. The second-order valence-corrected chi connectivity index (χ2v) is 8.67. The maximum atomic E-state index is 13.0. The lowest BCUT2D eigenvalue weighted by molar-refractivity contribution is 0.475. The van der Waals surface area contributed by atoms with Gasteiger partial charge in [0.2, 0.25) is 0 Å². The van der Waals surface area contributed by atoms with E-state index in [-0.39, 0.29) is 22.9 Å².